The smallest absolute Gasteiger partial charge is 0.251 e. The molecule has 2 N–H and O–H groups in total. The van der Waals surface area contributed by atoms with Crippen LogP contribution >= 0.6 is 22.9 Å². The van der Waals surface area contributed by atoms with E-state index in [1.807, 2.05) is 37.3 Å². The van der Waals surface area contributed by atoms with E-state index in [0.29, 0.717) is 37.8 Å². The summed E-state index contributed by atoms with van der Waals surface area (Å²) in [6.07, 6.45) is 0. The summed E-state index contributed by atoms with van der Waals surface area (Å²) in [7, 11) is 1.59. The summed E-state index contributed by atoms with van der Waals surface area (Å²) in [5, 5.41) is 10.2. The summed E-state index contributed by atoms with van der Waals surface area (Å²) in [6, 6.07) is 16.3. The molecule has 2 aromatic carbocycles. The third-order valence-corrected chi connectivity index (χ3v) is 5.78. The molecule has 0 atom stereocenters. The first-order chi connectivity index (χ1) is 15.4. The van der Waals surface area contributed by atoms with E-state index in [4.69, 9.17) is 26.8 Å². The number of benzene rings is 2. The van der Waals surface area contributed by atoms with Crippen LogP contribution in [0.1, 0.15) is 21.1 Å². The Morgan fingerprint density at radius 2 is 1.88 bits per heavy atom. The molecule has 9 heteroatoms. The number of primary amides is 1. The van der Waals surface area contributed by atoms with Crippen molar-refractivity contribution in [2.45, 2.75) is 13.5 Å². The highest BCUT2D eigenvalue weighted by Gasteiger charge is 2.22. The second kappa shape index (κ2) is 9.33. The Labute approximate surface area is 193 Å². The van der Waals surface area contributed by atoms with Crippen LogP contribution < -0.4 is 15.2 Å². The van der Waals surface area contributed by atoms with Gasteiger partial charge in [-0.05, 0) is 60.5 Å². The number of nitrogens with two attached hydrogens (primary N) is 1. The fourth-order valence-corrected chi connectivity index (χ4v) is 4.05. The minimum absolute atomic E-state index is 0.222. The van der Waals surface area contributed by atoms with Gasteiger partial charge in [-0.3, -0.25) is 4.79 Å². The van der Waals surface area contributed by atoms with Crippen molar-refractivity contribution in [3.8, 4) is 33.3 Å². The van der Waals surface area contributed by atoms with Gasteiger partial charge < -0.3 is 15.2 Å². The fourth-order valence-electron chi connectivity index (χ4n) is 3.18. The number of methoxy groups -OCH3 is 1. The minimum Gasteiger partial charge on any atom is -0.497 e. The van der Waals surface area contributed by atoms with E-state index in [0.717, 1.165) is 11.3 Å². The third kappa shape index (κ3) is 4.71. The molecule has 1 amide bonds. The molecule has 0 bridgehead atoms. The van der Waals surface area contributed by atoms with Crippen molar-refractivity contribution in [2.75, 3.05) is 7.11 Å². The highest BCUT2D eigenvalue weighted by Crippen LogP contribution is 2.34. The zero-order valence-electron chi connectivity index (χ0n) is 17.3. The number of pyridine rings is 1. The maximum absolute atomic E-state index is 12.5. The molecule has 0 spiro atoms. The van der Waals surface area contributed by atoms with Gasteiger partial charge in [0.1, 0.15) is 23.8 Å². The van der Waals surface area contributed by atoms with Crippen molar-refractivity contribution in [1.82, 2.24) is 15.2 Å². The lowest BCUT2D eigenvalue weighted by Gasteiger charge is -2.12. The van der Waals surface area contributed by atoms with Gasteiger partial charge >= 0.3 is 0 Å². The molecule has 32 heavy (non-hydrogen) atoms. The summed E-state index contributed by atoms with van der Waals surface area (Å²) in [4.78, 5) is 17.0. The van der Waals surface area contributed by atoms with Crippen molar-refractivity contribution >= 4 is 28.8 Å². The number of carbonyl (C=O) groups is 1. The fraction of sp³-hybridized carbons (Fsp3) is 0.130. The van der Waals surface area contributed by atoms with Gasteiger partial charge in [-0.25, -0.2) is 4.98 Å². The van der Waals surface area contributed by atoms with Gasteiger partial charge in [-0.2, -0.15) is 0 Å². The molecule has 2 aromatic heterocycles. The SMILES string of the molecule is COc1cccc(-c2cc(C)nc(-c3nnc(COc4ccc(Cl)cc4)s3)c2C(N)=O)c1. The minimum atomic E-state index is -0.598. The maximum Gasteiger partial charge on any atom is 0.251 e. The van der Waals surface area contributed by atoms with Crippen LogP contribution in [0.3, 0.4) is 0 Å². The van der Waals surface area contributed by atoms with Crippen molar-refractivity contribution in [3.63, 3.8) is 0 Å². The molecule has 0 aliphatic rings. The lowest BCUT2D eigenvalue weighted by Crippen LogP contribution is -2.15. The predicted molar refractivity (Wildman–Crippen MR) is 124 cm³/mol. The van der Waals surface area contributed by atoms with E-state index in [1.165, 1.54) is 11.3 Å². The van der Waals surface area contributed by atoms with E-state index in [2.05, 4.69) is 15.2 Å². The average Bonchev–Trinajstić information content (AvgIpc) is 3.27. The van der Waals surface area contributed by atoms with Crippen molar-refractivity contribution in [1.29, 1.82) is 0 Å². The van der Waals surface area contributed by atoms with Crippen LogP contribution in [0.15, 0.2) is 54.6 Å². The van der Waals surface area contributed by atoms with Crippen molar-refractivity contribution in [3.05, 3.63) is 75.9 Å². The molecule has 4 aromatic rings. The number of halogens is 1. The molecule has 0 unspecified atom stereocenters. The Morgan fingerprint density at radius 3 is 2.59 bits per heavy atom. The summed E-state index contributed by atoms with van der Waals surface area (Å²) < 4.78 is 11.1. The van der Waals surface area contributed by atoms with Gasteiger partial charge in [0.25, 0.3) is 5.91 Å². The summed E-state index contributed by atoms with van der Waals surface area (Å²) in [5.41, 5.74) is 8.62. The Hall–Kier alpha value is -3.49. The lowest BCUT2D eigenvalue weighted by molar-refractivity contribution is 0.100. The quantitative estimate of drug-likeness (QED) is 0.415. The maximum atomic E-state index is 12.5. The number of hydrogen-bond acceptors (Lipinski definition) is 7. The van der Waals surface area contributed by atoms with Crippen LogP contribution in [-0.2, 0) is 6.61 Å². The van der Waals surface area contributed by atoms with E-state index >= 15 is 0 Å². The number of hydrogen-bond donors (Lipinski definition) is 1. The van der Waals surface area contributed by atoms with Crippen LogP contribution in [0.25, 0.3) is 21.8 Å². The number of nitrogens with zero attached hydrogens (tertiary/aromatic N) is 3. The summed E-state index contributed by atoms with van der Waals surface area (Å²) in [5.74, 6) is 0.740. The van der Waals surface area contributed by atoms with Crippen LogP contribution in [0, 0.1) is 6.92 Å². The van der Waals surface area contributed by atoms with Crippen LogP contribution in [-0.4, -0.2) is 28.2 Å². The summed E-state index contributed by atoms with van der Waals surface area (Å²) in [6.45, 7) is 2.07. The first kappa shape index (κ1) is 21.7. The predicted octanol–water partition coefficient (Wildman–Crippen LogP) is 4.92. The third-order valence-electron chi connectivity index (χ3n) is 4.62. The normalized spacial score (nSPS) is 10.7. The molecular weight excluding hydrogens is 448 g/mol. The standard InChI is InChI=1S/C23H19ClN4O3S/c1-13-10-18(14-4-3-5-17(11-14)30-2)20(22(25)29)21(26-13)23-28-27-19(32-23)12-31-16-8-6-15(24)7-9-16/h3-11H,12H2,1-2H3,(H2,25,29). The highest BCUT2D eigenvalue weighted by atomic mass is 35.5. The highest BCUT2D eigenvalue weighted by molar-refractivity contribution is 7.14. The number of rotatable bonds is 7. The van der Waals surface area contributed by atoms with Gasteiger partial charge in [0.2, 0.25) is 0 Å². The van der Waals surface area contributed by atoms with Gasteiger partial charge in [-0.1, -0.05) is 35.1 Å². The molecule has 0 saturated heterocycles. The van der Waals surface area contributed by atoms with E-state index < -0.39 is 5.91 Å². The topological polar surface area (TPSA) is 100 Å². The molecular formula is C23H19ClN4O3S. The Morgan fingerprint density at radius 1 is 1.09 bits per heavy atom. The Balaban J connectivity index is 1.70. The number of aromatic nitrogens is 3. The van der Waals surface area contributed by atoms with E-state index in [9.17, 15) is 4.79 Å². The molecule has 2 heterocycles. The number of carbonyl (C=O) groups excluding carboxylic acids is 1. The zero-order valence-corrected chi connectivity index (χ0v) is 18.9. The second-order valence-corrected chi connectivity index (χ2v) is 8.37. The van der Waals surface area contributed by atoms with Gasteiger partial charge in [-0.15, -0.1) is 10.2 Å². The number of amides is 1. The molecule has 0 radical (unpaired) electrons. The molecule has 0 saturated carbocycles. The van der Waals surface area contributed by atoms with Crippen LogP contribution in [0.4, 0.5) is 0 Å². The van der Waals surface area contributed by atoms with E-state index in [-0.39, 0.29) is 12.2 Å². The second-order valence-electron chi connectivity index (χ2n) is 6.87. The first-order valence-corrected chi connectivity index (χ1v) is 10.8. The summed E-state index contributed by atoms with van der Waals surface area (Å²) >= 11 is 7.19. The molecule has 7 nitrogen and oxygen atoms in total. The van der Waals surface area contributed by atoms with Gasteiger partial charge in [0, 0.05) is 10.7 Å². The van der Waals surface area contributed by atoms with Crippen molar-refractivity contribution in [2.24, 2.45) is 5.73 Å². The Kier molecular flexibility index (Phi) is 6.34. The lowest BCUT2D eigenvalue weighted by atomic mass is 9.97. The first-order valence-electron chi connectivity index (χ1n) is 9.61. The molecule has 0 aliphatic heterocycles. The zero-order chi connectivity index (χ0) is 22.7. The van der Waals surface area contributed by atoms with Gasteiger partial charge in [0.15, 0.2) is 10.0 Å². The van der Waals surface area contributed by atoms with Crippen LogP contribution in [0.2, 0.25) is 5.02 Å². The largest absolute Gasteiger partial charge is 0.497 e. The number of ether oxygens (including phenoxy) is 2. The van der Waals surface area contributed by atoms with Crippen LogP contribution in [0.5, 0.6) is 11.5 Å². The molecule has 4 rings (SSSR count). The van der Waals surface area contributed by atoms with E-state index in [1.54, 1.807) is 31.4 Å². The average molecular weight is 467 g/mol. The van der Waals surface area contributed by atoms with Gasteiger partial charge in [0.05, 0.1) is 12.7 Å². The number of aryl methyl sites for hydroxylation is 1. The molecule has 162 valence electrons. The monoisotopic (exact) mass is 466 g/mol. The molecule has 0 fully saturated rings. The Bertz CT molecular complexity index is 1270. The molecule has 0 aliphatic carbocycles. The van der Waals surface area contributed by atoms with Crippen molar-refractivity contribution < 1.29 is 14.3 Å².